The van der Waals surface area contributed by atoms with Crippen LogP contribution in [-0.2, 0) is 28.6 Å². The van der Waals surface area contributed by atoms with Crippen molar-refractivity contribution in [3.8, 4) is 0 Å². The van der Waals surface area contributed by atoms with Gasteiger partial charge in [0.2, 0.25) is 0 Å². The molecule has 6 heteroatoms. The van der Waals surface area contributed by atoms with Crippen LogP contribution < -0.4 is 0 Å². The maximum atomic E-state index is 12.8. The molecular formula is C61H104O6. The summed E-state index contributed by atoms with van der Waals surface area (Å²) >= 11 is 0. The average Bonchev–Trinajstić information content (AvgIpc) is 3.33. The molecule has 0 spiro atoms. The van der Waals surface area contributed by atoms with Crippen LogP contribution in [0.25, 0.3) is 0 Å². The molecule has 0 aliphatic carbocycles. The Kier molecular flexibility index (Phi) is 52.4. The first-order chi connectivity index (χ1) is 33.0. The van der Waals surface area contributed by atoms with Crippen LogP contribution in [0.5, 0.6) is 0 Å². The SMILES string of the molecule is CC/C=C\C/C=C\C/C=C\C/C=C\C/C=C\CCCCCCCCCCCC(=O)OCC(COC(=O)CCCCCCCCCCC)OC(=O)CCCCCCC/C=C\C/C=C\CCCCC. The summed E-state index contributed by atoms with van der Waals surface area (Å²) in [6.45, 7) is 6.47. The van der Waals surface area contributed by atoms with E-state index in [-0.39, 0.29) is 31.1 Å². The minimum absolute atomic E-state index is 0.0825. The Hall–Kier alpha value is -3.41. The van der Waals surface area contributed by atoms with Gasteiger partial charge in [-0.2, -0.15) is 0 Å². The van der Waals surface area contributed by atoms with Crippen molar-refractivity contribution in [1.82, 2.24) is 0 Å². The monoisotopic (exact) mass is 933 g/mol. The van der Waals surface area contributed by atoms with E-state index in [1.807, 2.05) is 0 Å². The van der Waals surface area contributed by atoms with Gasteiger partial charge in [-0.15, -0.1) is 0 Å². The van der Waals surface area contributed by atoms with Crippen LogP contribution in [0.15, 0.2) is 85.1 Å². The van der Waals surface area contributed by atoms with Gasteiger partial charge < -0.3 is 14.2 Å². The molecule has 6 nitrogen and oxygen atoms in total. The van der Waals surface area contributed by atoms with E-state index in [4.69, 9.17) is 14.2 Å². The van der Waals surface area contributed by atoms with E-state index in [0.29, 0.717) is 19.3 Å². The normalized spacial score (nSPS) is 12.7. The van der Waals surface area contributed by atoms with E-state index in [9.17, 15) is 14.4 Å². The first kappa shape index (κ1) is 63.6. The zero-order valence-electron chi connectivity index (χ0n) is 43.9. The number of hydrogen-bond acceptors (Lipinski definition) is 6. The lowest BCUT2D eigenvalue weighted by atomic mass is 10.1. The topological polar surface area (TPSA) is 78.9 Å². The number of ether oxygens (including phenoxy) is 3. The summed E-state index contributed by atoms with van der Waals surface area (Å²) in [5.74, 6) is -0.902. The van der Waals surface area contributed by atoms with Gasteiger partial charge in [-0.05, 0) is 96.3 Å². The minimum Gasteiger partial charge on any atom is -0.462 e. The molecular weight excluding hydrogens is 829 g/mol. The summed E-state index contributed by atoms with van der Waals surface area (Å²) in [6.07, 6.45) is 71.5. The van der Waals surface area contributed by atoms with Crippen molar-refractivity contribution in [3.63, 3.8) is 0 Å². The third-order valence-corrected chi connectivity index (χ3v) is 11.9. The second-order valence-corrected chi connectivity index (χ2v) is 18.5. The molecule has 0 amide bonds. The number of unbranched alkanes of at least 4 members (excludes halogenated alkanes) is 25. The number of hydrogen-bond donors (Lipinski definition) is 0. The standard InChI is InChI=1S/C61H104O6/c1-4-7-10-13-16-19-21-23-25-26-27-28-29-30-31-32-33-34-36-37-39-42-45-48-51-54-60(63)66-57-58(56-65-59(62)53-50-47-44-41-18-15-12-9-6-3)67-61(64)55-52-49-46-43-40-38-35-24-22-20-17-14-11-8-5-2/h7,10,16-17,19-20,23-25,27-28,30-31,35,58H,4-6,8-9,11-15,18,21-22,26,29,32-34,36-57H2,1-3H3/b10-7-,19-16-,20-17-,25-23-,28-27-,31-30-,35-24-. The van der Waals surface area contributed by atoms with Crippen molar-refractivity contribution < 1.29 is 28.6 Å². The van der Waals surface area contributed by atoms with Gasteiger partial charge in [0.1, 0.15) is 13.2 Å². The largest absolute Gasteiger partial charge is 0.462 e. The fraction of sp³-hybridized carbons (Fsp3) is 0.721. The Labute approximate surface area is 414 Å². The number of rotatable bonds is 50. The van der Waals surface area contributed by atoms with Crippen molar-refractivity contribution in [2.75, 3.05) is 13.2 Å². The quantitative estimate of drug-likeness (QED) is 0.0262. The van der Waals surface area contributed by atoms with Crippen LogP contribution >= 0.6 is 0 Å². The molecule has 384 valence electrons. The lowest BCUT2D eigenvalue weighted by Gasteiger charge is -2.18. The molecule has 0 aromatic carbocycles. The van der Waals surface area contributed by atoms with Crippen molar-refractivity contribution in [3.05, 3.63) is 85.1 Å². The number of esters is 3. The van der Waals surface area contributed by atoms with Crippen LogP contribution in [0.1, 0.15) is 265 Å². The smallest absolute Gasteiger partial charge is 0.306 e. The Balaban J connectivity index is 4.27. The van der Waals surface area contributed by atoms with Gasteiger partial charge in [0, 0.05) is 19.3 Å². The third kappa shape index (κ3) is 53.4. The van der Waals surface area contributed by atoms with Gasteiger partial charge in [-0.3, -0.25) is 14.4 Å². The van der Waals surface area contributed by atoms with Gasteiger partial charge in [-0.25, -0.2) is 0 Å². The summed E-state index contributed by atoms with van der Waals surface area (Å²) < 4.78 is 16.8. The summed E-state index contributed by atoms with van der Waals surface area (Å²) in [4.78, 5) is 38.0. The molecule has 0 heterocycles. The second-order valence-electron chi connectivity index (χ2n) is 18.5. The summed E-state index contributed by atoms with van der Waals surface area (Å²) in [5.41, 5.74) is 0. The zero-order valence-corrected chi connectivity index (χ0v) is 43.9. The molecule has 0 aromatic heterocycles. The maximum absolute atomic E-state index is 12.8. The molecule has 0 aliphatic rings. The first-order valence-corrected chi connectivity index (χ1v) is 28.1. The number of allylic oxidation sites excluding steroid dienone is 14. The predicted molar refractivity (Wildman–Crippen MR) is 288 cm³/mol. The molecule has 0 aromatic rings. The molecule has 0 aliphatic heterocycles. The van der Waals surface area contributed by atoms with E-state index in [1.54, 1.807) is 0 Å². The highest BCUT2D eigenvalue weighted by molar-refractivity contribution is 5.71. The highest BCUT2D eigenvalue weighted by Crippen LogP contribution is 2.15. The number of carbonyl (C=O) groups excluding carboxylic acids is 3. The highest BCUT2D eigenvalue weighted by Gasteiger charge is 2.19. The van der Waals surface area contributed by atoms with Crippen molar-refractivity contribution in [1.29, 1.82) is 0 Å². The van der Waals surface area contributed by atoms with E-state index in [1.165, 1.54) is 103 Å². The summed E-state index contributed by atoms with van der Waals surface area (Å²) in [5, 5.41) is 0. The molecule has 0 saturated carbocycles. The zero-order chi connectivity index (χ0) is 48.6. The Morgan fingerprint density at radius 2 is 0.582 bits per heavy atom. The Bertz CT molecular complexity index is 1300. The average molecular weight is 933 g/mol. The van der Waals surface area contributed by atoms with Crippen LogP contribution in [0.4, 0.5) is 0 Å². The number of carbonyl (C=O) groups is 3. The van der Waals surface area contributed by atoms with E-state index in [0.717, 1.165) is 122 Å². The Morgan fingerprint density at radius 1 is 0.313 bits per heavy atom. The van der Waals surface area contributed by atoms with E-state index >= 15 is 0 Å². The maximum Gasteiger partial charge on any atom is 0.306 e. The van der Waals surface area contributed by atoms with Gasteiger partial charge >= 0.3 is 17.9 Å². The molecule has 67 heavy (non-hydrogen) atoms. The van der Waals surface area contributed by atoms with Crippen LogP contribution in [0.3, 0.4) is 0 Å². The van der Waals surface area contributed by atoms with Crippen LogP contribution in [0, 0.1) is 0 Å². The fourth-order valence-electron chi connectivity index (χ4n) is 7.68. The molecule has 0 N–H and O–H groups in total. The van der Waals surface area contributed by atoms with Gasteiger partial charge in [0.05, 0.1) is 0 Å². The summed E-state index contributed by atoms with van der Waals surface area (Å²) in [7, 11) is 0. The van der Waals surface area contributed by atoms with Gasteiger partial charge in [-0.1, -0.05) is 234 Å². The molecule has 0 saturated heterocycles. The molecule has 0 fully saturated rings. The molecule has 1 atom stereocenters. The third-order valence-electron chi connectivity index (χ3n) is 11.9. The van der Waals surface area contributed by atoms with E-state index < -0.39 is 6.10 Å². The molecule has 0 bridgehead atoms. The van der Waals surface area contributed by atoms with Crippen molar-refractivity contribution in [2.45, 2.75) is 271 Å². The van der Waals surface area contributed by atoms with E-state index in [2.05, 4.69) is 106 Å². The molecule has 1 unspecified atom stereocenters. The van der Waals surface area contributed by atoms with Crippen molar-refractivity contribution in [2.24, 2.45) is 0 Å². The summed E-state index contributed by atoms with van der Waals surface area (Å²) in [6, 6.07) is 0. The lowest BCUT2D eigenvalue weighted by Crippen LogP contribution is -2.30. The molecule has 0 radical (unpaired) electrons. The predicted octanol–water partition coefficient (Wildman–Crippen LogP) is 18.8. The lowest BCUT2D eigenvalue weighted by molar-refractivity contribution is -0.167. The minimum atomic E-state index is -0.784. The first-order valence-electron chi connectivity index (χ1n) is 28.1. The van der Waals surface area contributed by atoms with Crippen LogP contribution in [0.2, 0.25) is 0 Å². The van der Waals surface area contributed by atoms with Gasteiger partial charge in [0.25, 0.3) is 0 Å². The van der Waals surface area contributed by atoms with Crippen molar-refractivity contribution >= 4 is 17.9 Å². The highest BCUT2D eigenvalue weighted by atomic mass is 16.6. The second kappa shape index (κ2) is 55.2. The van der Waals surface area contributed by atoms with Gasteiger partial charge in [0.15, 0.2) is 6.10 Å². The van der Waals surface area contributed by atoms with Crippen LogP contribution in [-0.4, -0.2) is 37.2 Å². The fourth-order valence-corrected chi connectivity index (χ4v) is 7.68. The Morgan fingerprint density at radius 3 is 0.940 bits per heavy atom. The molecule has 0 rings (SSSR count).